The number of rotatable bonds is 5. The van der Waals surface area contributed by atoms with Gasteiger partial charge in [-0.15, -0.1) is 0 Å². The highest BCUT2D eigenvalue weighted by Crippen LogP contribution is 2.40. The SMILES string of the molecule is CCCNC(=O)CC1(N2Cc3ccccc3C2=O)CCSCC1. The van der Waals surface area contributed by atoms with Gasteiger partial charge in [0, 0.05) is 25.1 Å². The van der Waals surface area contributed by atoms with Crippen LogP contribution in [0.1, 0.15) is 48.5 Å². The first kappa shape index (κ1) is 16.4. The maximum Gasteiger partial charge on any atom is 0.254 e. The molecule has 3 rings (SSSR count). The van der Waals surface area contributed by atoms with E-state index in [1.165, 1.54) is 0 Å². The Morgan fingerprint density at radius 2 is 2.04 bits per heavy atom. The number of nitrogens with zero attached hydrogens (tertiary/aromatic N) is 1. The minimum Gasteiger partial charge on any atom is -0.356 e. The third kappa shape index (κ3) is 3.25. The van der Waals surface area contributed by atoms with Crippen LogP contribution in [0.3, 0.4) is 0 Å². The summed E-state index contributed by atoms with van der Waals surface area (Å²) in [6, 6.07) is 7.82. The Hall–Kier alpha value is -1.49. The van der Waals surface area contributed by atoms with Gasteiger partial charge in [0.15, 0.2) is 0 Å². The Morgan fingerprint density at radius 1 is 1.30 bits per heavy atom. The van der Waals surface area contributed by atoms with Crippen molar-refractivity contribution in [3.05, 3.63) is 35.4 Å². The standard InChI is InChI=1S/C18H24N2O2S/c1-2-9-19-16(21)12-18(7-10-23-11-8-18)20-13-14-5-3-4-6-15(14)17(20)22/h3-6H,2,7-13H2,1H3,(H,19,21). The van der Waals surface area contributed by atoms with E-state index in [9.17, 15) is 9.59 Å². The van der Waals surface area contributed by atoms with E-state index in [1.54, 1.807) is 0 Å². The molecule has 1 aromatic rings. The third-order valence-electron chi connectivity index (χ3n) is 4.88. The van der Waals surface area contributed by atoms with Gasteiger partial charge in [-0.05, 0) is 42.4 Å². The number of amides is 2. The van der Waals surface area contributed by atoms with Crippen LogP contribution < -0.4 is 5.32 Å². The van der Waals surface area contributed by atoms with E-state index in [2.05, 4.69) is 5.32 Å². The van der Waals surface area contributed by atoms with Crippen LogP contribution in [0.5, 0.6) is 0 Å². The van der Waals surface area contributed by atoms with Crippen LogP contribution in [0.25, 0.3) is 0 Å². The molecule has 1 saturated heterocycles. The smallest absolute Gasteiger partial charge is 0.254 e. The molecule has 2 heterocycles. The molecule has 0 unspecified atom stereocenters. The summed E-state index contributed by atoms with van der Waals surface area (Å²) in [4.78, 5) is 27.2. The summed E-state index contributed by atoms with van der Waals surface area (Å²) >= 11 is 1.92. The number of hydrogen-bond donors (Lipinski definition) is 1. The lowest BCUT2D eigenvalue weighted by Gasteiger charge is -2.44. The van der Waals surface area contributed by atoms with Gasteiger partial charge < -0.3 is 10.2 Å². The first-order chi connectivity index (χ1) is 11.2. The molecule has 1 fully saturated rings. The average Bonchev–Trinajstić information content (AvgIpc) is 2.92. The minimum absolute atomic E-state index is 0.0718. The topological polar surface area (TPSA) is 49.4 Å². The molecule has 2 aliphatic rings. The highest BCUT2D eigenvalue weighted by Gasteiger charge is 2.45. The van der Waals surface area contributed by atoms with Crippen molar-refractivity contribution < 1.29 is 9.59 Å². The number of fused-ring (bicyclic) bond motifs is 1. The normalized spacial score (nSPS) is 19.5. The Morgan fingerprint density at radius 3 is 2.74 bits per heavy atom. The summed E-state index contributed by atoms with van der Waals surface area (Å²) in [5.74, 6) is 2.20. The molecule has 0 bridgehead atoms. The van der Waals surface area contributed by atoms with Gasteiger partial charge in [0.2, 0.25) is 5.91 Å². The van der Waals surface area contributed by atoms with Crippen LogP contribution >= 0.6 is 11.8 Å². The van der Waals surface area contributed by atoms with Crippen molar-refractivity contribution in [2.24, 2.45) is 0 Å². The summed E-state index contributed by atoms with van der Waals surface area (Å²) in [5, 5.41) is 2.98. The van der Waals surface area contributed by atoms with Crippen LogP contribution in [0.4, 0.5) is 0 Å². The molecule has 1 N–H and O–H groups in total. The van der Waals surface area contributed by atoms with Crippen LogP contribution in [-0.4, -0.2) is 40.3 Å². The summed E-state index contributed by atoms with van der Waals surface area (Å²) in [6.07, 6.45) is 3.16. The van der Waals surface area contributed by atoms with Crippen molar-refractivity contribution in [3.63, 3.8) is 0 Å². The van der Waals surface area contributed by atoms with E-state index in [0.717, 1.165) is 41.9 Å². The van der Waals surface area contributed by atoms with Crippen molar-refractivity contribution in [3.8, 4) is 0 Å². The molecule has 2 aliphatic heterocycles. The van der Waals surface area contributed by atoms with Crippen molar-refractivity contribution in [1.82, 2.24) is 10.2 Å². The number of thioether (sulfide) groups is 1. The second-order valence-corrected chi connectivity index (χ2v) is 7.64. The summed E-state index contributed by atoms with van der Waals surface area (Å²) in [6.45, 7) is 3.40. The van der Waals surface area contributed by atoms with E-state index < -0.39 is 0 Å². The van der Waals surface area contributed by atoms with Crippen LogP contribution in [0, 0.1) is 0 Å². The molecular formula is C18H24N2O2S. The van der Waals surface area contributed by atoms with E-state index >= 15 is 0 Å². The zero-order chi connectivity index (χ0) is 16.3. The largest absolute Gasteiger partial charge is 0.356 e. The van der Waals surface area contributed by atoms with E-state index in [1.807, 2.05) is 47.9 Å². The summed E-state index contributed by atoms with van der Waals surface area (Å²) < 4.78 is 0. The van der Waals surface area contributed by atoms with E-state index in [4.69, 9.17) is 0 Å². The third-order valence-corrected chi connectivity index (χ3v) is 5.86. The number of carbonyl (C=O) groups is 2. The highest BCUT2D eigenvalue weighted by atomic mass is 32.2. The molecular weight excluding hydrogens is 308 g/mol. The van der Waals surface area contributed by atoms with Gasteiger partial charge >= 0.3 is 0 Å². The zero-order valence-electron chi connectivity index (χ0n) is 13.6. The van der Waals surface area contributed by atoms with Crippen molar-refractivity contribution in [2.45, 2.75) is 44.7 Å². The Balaban J connectivity index is 1.82. The number of carbonyl (C=O) groups excluding carboxylic acids is 2. The molecule has 124 valence electrons. The molecule has 0 atom stereocenters. The van der Waals surface area contributed by atoms with Crippen molar-refractivity contribution in [2.75, 3.05) is 18.1 Å². The summed E-state index contributed by atoms with van der Waals surface area (Å²) in [5.41, 5.74) is 1.57. The predicted molar refractivity (Wildman–Crippen MR) is 93.5 cm³/mol. The Bertz CT molecular complexity index is 596. The molecule has 0 saturated carbocycles. The molecule has 0 aliphatic carbocycles. The van der Waals surface area contributed by atoms with Gasteiger partial charge in [0.05, 0.1) is 5.54 Å². The predicted octanol–water partition coefficient (Wildman–Crippen LogP) is 2.82. The van der Waals surface area contributed by atoms with Crippen LogP contribution in [0.2, 0.25) is 0 Å². The molecule has 0 aromatic heterocycles. The van der Waals surface area contributed by atoms with Gasteiger partial charge in [-0.3, -0.25) is 9.59 Å². The fourth-order valence-electron chi connectivity index (χ4n) is 3.56. The lowest BCUT2D eigenvalue weighted by molar-refractivity contribution is -0.123. The number of hydrogen-bond acceptors (Lipinski definition) is 3. The van der Waals surface area contributed by atoms with E-state index in [0.29, 0.717) is 19.5 Å². The fraction of sp³-hybridized carbons (Fsp3) is 0.556. The van der Waals surface area contributed by atoms with Gasteiger partial charge in [0.1, 0.15) is 0 Å². The molecule has 1 aromatic carbocycles. The number of nitrogens with one attached hydrogen (secondary N) is 1. The lowest BCUT2D eigenvalue weighted by Crippen LogP contribution is -2.53. The van der Waals surface area contributed by atoms with Gasteiger partial charge in [-0.1, -0.05) is 25.1 Å². The number of benzene rings is 1. The van der Waals surface area contributed by atoms with Gasteiger partial charge in [0.25, 0.3) is 5.91 Å². The molecule has 0 spiro atoms. The second-order valence-electron chi connectivity index (χ2n) is 6.41. The molecule has 23 heavy (non-hydrogen) atoms. The first-order valence-electron chi connectivity index (χ1n) is 8.40. The zero-order valence-corrected chi connectivity index (χ0v) is 14.5. The van der Waals surface area contributed by atoms with Crippen molar-refractivity contribution >= 4 is 23.6 Å². The van der Waals surface area contributed by atoms with E-state index in [-0.39, 0.29) is 17.4 Å². The second kappa shape index (κ2) is 6.95. The average molecular weight is 332 g/mol. The molecule has 5 heteroatoms. The Labute approximate surface area is 142 Å². The van der Waals surface area contributed by atoms with Gasteiger partial charge in [-0.2, -0.15) is 11.8 Å². The quantitative estimate of drug-likeness (QED) is 0.902. The van der Waals surface area contributed by atoms with Crippen molar-refractivity contribution in [1.29, 1.82) is 0 Å². The monoisotopic (exact) mass is 332 g/mol. The highest BCUT2D eigenvalue weighted by molar-refractivity contribution is 7.99. The van der Waals surface area contributed by atoms with Crippen LogP contribution in [0.15, 0.2) is 24.3 Å². The Kier molecular flexibility index (Phi) is 4.95. The molecule has 2 amide bonds. The minimum atomic E-state index is -0.320. The molecule has 0 radical (unpaired) electrons. The maximum atomic E-state index is 12.9. The maximum absolute atomic E-state index is 12.9. The molecule has 4 nitrogen and oxygen atoms in total. The fourth-order valence-corrected chi connectivity index (χ4v) is 4.81. The first-order valence-corrected chi connectivity index (χ1v) is 9.56. The summed E-state index contributed by atoms with van der Waals surface area (Å²) in [7, 11) is 0. The van der Waals surface area contributed by atoms with Gasteiger partial charge in [-0.25, -0.2) is 0 Å². The van der Waals surface area contributed by atoms with Crippen LogP contribution in [-0.2, 0) is 11.3 Å². The lowest BCUT2D eigenvalue weighted by atomic mass is 9.86.